The van der Waals surface area contributed by atoms with Gasteiger partial charge in [0.25, 0.3) is 0 Å². The van der Waals surface area contributed by atoms with Gasteiger partial charge in [-0.1, -0.05) is 40.2 Å². The van der Waals surface area contributed by atoms with Gasteiger partial charge < -0.3 is 10.6 Å². The minimum Gasteiger partial charge on any atom is -0.336 e. The Morgan fingerprint density at radius 2 is 1.78 bits per heavy atom. The van der Waals surface area contributed by atoms with E-state index in [9.17, 15) is 13.2 Å². The molecule has 0 bridgehead atoms. The number of nitrogens with two attached hydrogens (primary N) is 1. The number of carbonyl (C=O) groups excluding carboxylic acids is 1. The molecule has 0 fully saturated rings. The van der Waals surface area contributed by atoms with Crippen LogP contribution in [-0.2, 0) is 16.4 Å². The Morgan fingerprint density at radius 1 is 1.11 bits per heavy atom. The Balaban J connectivity index is 1.86. The summed E-state index contributed by atoms with van der Waals surface area (Å²) < 4.78 is 24.0. The van der Waals surface area contributed by atoms with E-state index in [4.69, 9.17) is 5.14 Å². The minimum absolute atomic E-state index is 0.00315. The maximum atomic E-state index is 12.2. The van der Waals surface area contributed by atoms with Crippen LogP contribution in [0.25, 0.3) is 0 Å². The van der Waals surface area contributed by atoms with E-state index in [1.165, 1.54) is 17.7 Å². The van der Waals surface area contributed by atoms with Crippen molar-refractivity contribution in [1.29, 1.82) is 0 Å². The van der Waals surface area contributed by atoms with Crippen LogP contribution in [0.4, 0.5) is 4.79 Å². The van der Waals surface area contributed by atoms with Crippen LogP contribution < -0.4 is 15.8 Å². The second-order valence-electron chi connectivity index (χ2n) is 6.52. The number of amides is 2. The van der Waals surface area contributed by atoms with Crippen LogP contribution in [0.2, 0.25) is 0 Å². The standard InChI is InChI=1S/C19H24BrN3O3S/c1-13(6-7-15-8-10-17(20)11-9-15)22-19(24)23-14(2)16-4-3-5-18(12-16)27(21,25)26/h3-5,8-14H,6-7H2,1-2H3,(H2,21,25,26)(H2,22,23,24)/t13-,14+/m0/s1. The van der Waals surface area contributed by atoms with Crippen molar-refractivity contribution in [3.05, 3.63) is 64.1 Å². The van der Waals surface area contributed by atoms with Crippen molar-refractivity contribution >= 4 is 32.0 Å². The second-order valence-corrected chi connectivity index (χ2v) is 9.00. The van der Waals surface area contributed by atoms with Crippen molar-refractivity contribution in [2.75, 3.05) is 0 Å². The fourth-order valence-electron chi connectivity index (χ4n) is 2.61. The van der Waals surface area contributed by atoms with Crippen LogP contribution in [0.15, 0.2) is 57.9 Å². The molecule has 0 aromatic heterocycles. The fourth-order valence-corrected chi connectivity index (χ4v) is 3.45. The molecule has 0 radical (unpaired) electrons. The van der Waals surface area contributed by atoms with Gasteiger partial charge in [-0.3, -0.25) is 0 Å². The van der Waals surface area contributed by atoms with Gasteiger partial charge in [0.05, 0.1) is 10.9 Å². The van der Waals surface area contributed by atoms with E-state index in [0.717, 1.165) is 17.3 Å². The Kier molecular flexibility index (Phi) is 7.41. The lowest BCUT2D eigenvalue weighted by Gasteiger charge is -2.19. The van der Waals surface area contributed by atoms with Crippen molar-refractivity contribution in [2.24, 2.45) is 5.14 Å². The predicted molar refractivity (Wildman–Crippen MR) is 110 cm³/mol. The Labute approximate surface area is 168 Å². The summed E-state index contributed by atoms with van der Waals surface area (Å²) in [6, 6.07) is 13.7. The van der Waals surface area contributed by atoms with Crippen LogP contribution in [0, 0.1) is 0 Å². The zero-order valence-electron chi connectivity index (χ0n) is 15.3. The molecule has 27 heavy (non-hydrogen) atoms. The number of benzene rings is 2. The fraction of sp³-hybridized carbons (Fsp3) is 0.316. The number of primary sulfonamides is 1. The molecular formula is C19H24BrN3O3S. The summed E-state index contributed by atoms with van der Waals surface area (Å²) in [6.07, 6.45) is 1.67. The third-order valence-electron chi connectivity index (χ3n) is 4.19. The number of urea groups is 1. The van der Waals surface area contributed by atoms with Crippen molar-refractivity contribution in [3.63, 3.8) is 0 Å². The molecule has 0 aliphatic carbocycles. The van der Waals surface area contributed by atoms with Gasteiger partial charge in [-0.2, -0.15) is 0 Å². The number of carbonyl (C=O) groups is 1. The summed E-state index contributed by atoms with van der Waals surface area (Å²) in [7, 11) is -3.77. The van der Waals surface area contributed by atoms with E-state index in [2.05, 4.69) is 38.7 Å². The second kappa shape index (κ2) is 9.34. The predicted octanol–water partition coefficient (Wildman–Crippen LogP) is 3.48. The number of rotatable bonds is 7. The first-order valence-electron chi connectivity index (χ1n) is 8.59. The molecule has 146 valence electrons. The summed E-state index contributed by atoms with van der Waals surface area (Å²) in [5, 5.41) is 10.9. The van der Waals surface area contributed by atoms with Gasteiger partial charge in [-0.05, 0) is 62.1 Å². The number of nitrogens with one attached hydrogen (secondary N) is 2. The highest BCUT2D eigenvalue weighted by atomic mass is 79.9. The molecule has 2 atom stereocenters. The maximum absolute atomic E-state index is 12.2. The first-order valence-corrected chi connectivity index (χ1v) is 10.9. The number of halogens is 1. The minimum atomic E-state index is -3.77. The molecule has 0 unspecified atom stereocenters. The van der Waals surface area contributed by atoms with Gasteiger partial charge in [0, 0.05) is 10.5 Å². The Hall–Kier alpha value is -1.90. The average molecular weight is 454 g/mol. The molecule has 6 nitrogen and oxygen atoms in total. The van der Waals surface area contributed by atoms with E-state index >= 15 is 0 Å². The van der Waals surface area contributed by atoms with E-state index in [0.29, 0.717) is 5.56 Å². The third-order valence-corrected chi connectivity index (χ3v) is 5.63. The lowest BCUT2D eigenvalue weighted by Crippen LogP contribution is -2.42. The van der Waals surface area contributed by atoms with Crippen LogP contribution in [0.1, 0.15) is 37.4 Å². The number of aryl methyl sites for hydroxylation is 1. The van der Waals surface area contributed by atoms with Gasteiger partial charge in [-0.15, -0.1) is 0 Å². The van der Waals surface area contributed by atoms with Gasteiger partial charge in [0.2, 0.25) is 10.0 Å². The summed E-state index contributed by atoms with van der Waals surface area (Å²) in [5.41, 5.74) is 1.87. The molecule has 0 spiro atoms. The summed E-state index contributed by atoms with van der Waals surface area (Å²) >= 11 is 3.41. The van der Waals surface area contributed by atoms with Gasteiger partial charge in [-0.25, -0.2) is 18.4 Å². The van der Waals surface area contributed by atoms with Crippen LogP contribution in [0.5, 0.6) is 0 Å². The quantitative estimate of drug-likeness (QED) is 0.597. The summed E-state index contributed by atoms with van der Waals surface area (Å²) in [5.74, 6) is 0. The summed E-state index contributed by atoms with van der Waals surface area (Å²) in [6.45, 7) is 3.74. The third kappa shape index (κ3) is 6.97. The van der Waals surface area contributed by atoms with Gasteiger partial charge in [0.1, 0.15) is 0 Å². The van der Waals surface area contributed by atoms with Gasteiger partial charge >= 0.3 is 6.03 Å². The van der Waals surface area contributed by atoms with Crippen LogP contribution in [0.3, 0.4) is 0 Å². The Morgan fingerprint density at radius 3 is 2.41 bits per heavy atom. The highest BCUT2D eigenvalue weighted by Crippen LogP contribution is 2.17. The molecular weight excluding hydrogens is 430 g/mol. The average Bonchev–Trinajstić information content (AvgIpc) is 2.60. The molecule has 2 rings (SSSR count). The number of hydrogen-bond donors (Lipinski definition) is 3. The number of sulfonamides is 1. The maximum Gasteiger partial charge on any atom is 0.315 e. The lowest BCUT2D eigenvalue weighted by molar-refractivity contribution is 0.234. The molecule has 2 aromatic rings. The lowest BCUT2D eigenvalue weighted by atomic mass is 10.1. The first kappa shape index (κ1) is 21.4. The zero-order chi connectivity index (χ0) is 20.0. The molecule has 0 saturated heterocycles. The first-order chi connectivity index (χ1) is 12.6. The van der Waals surface area contributed by atoms with Crippen molar-refractivity contribution < 1.29 is 13.2 Å². The molecule has 0 aliphatic heterocycles. The highest BCUT2D eigenvalue weighted by Gasteiger charge is 2.14. The van der Waals surface area contributed by atoms with E-state index in [1.54, 1.807) is 19.1 Å². The molecule has 8 heteroatoms. The normalized spacial score (nSPS) is 13.6. The van der Waals surface area contributed by atoms with E-state index in [1.807, 2.05) is 19.1 Å². The molecule has 2 aromatic carbocycles. The highest BCUT2D eigenvalue weighted by molar-refractivity contribution is 9.10. The topological polar surface area (TPSA) is 101 Å². The monoisotopic (exact) mass is 453 g/mol. The van der Waals surface area contributed by atoms with Gasteiger partial charge in [0.15, 0.2) is 0 Å². The molecule has 0 aliphatic rings. The Bertz CT molecular complexity index is 885. The van der Waals surface area contributed by atoms with E-state index in [-0.39, 0.29) is 23.0 Å². The molecule has 2 amide bonds. The van der Waals surface area contributed by atoms with Crippen molar-refractivity contribution in [3.8, 4) is 0 Å². The molecule has 0 saturated carbocycles. The number of hydrogen-bond acceptors (Lipinski definition) is 3. The van der Waals surface area contributed by atoms with Crippen molar-refractivity contribution in [1.82, 2.24) is 10.6 Å². The van der Waals surface area contributed by atoms with Crippen LogP contribution in [-0.4, -0.2) is 20.5 Å². The van der Waals surface area contributed by atoms with Crippen molar-refractivity contribution in [2.45, 2.75) is 43.7 Å². The zero-order valence-corrected chi connectivity index (χ0v) is 17.7. The van der Waals surface area contributed by atoms with Crippen LogP contribution >= 0.6 is 15.9 Å². The SMILES string of the molecule is C[C@@H](CCc1ccc(Br)cc1)NC(=O)N[C@H](C)c1cccc(S(N)(=O)=O)c1. The summed E-state index contributed by atoms with van der Waals surface area (Å²) in [4.78, 5) is 12.2. The molecule has 0 heterocycles. The van der Waals surface area contributed by atoms with E-state index < -0.39 is 10.0 Å². The molecule has 4 N–H and O–H groups in total. The smallest absolute Gasteiger partial charge is 0.315 e. The largest absolute Gasteiger partial charge is 0.336 e.